The summed E-state index contributed by atoms with van der Waals surface area (Å²) in [5.74, 6) is -0.510. The lowest BCUT2D eigenvalue weighted by Crippen LogP contribution is -2.14. The van der Waals surface area contributed by atoms with Gasteiger partial charge in [0.25, 0.3) is 0 Å². The highest BCUT2D eigenvalue weighted by molar-refractivity contribution is 5.88. The molecule has 5 aromatic rings. The van der Waals surface area contributed by atoms with Crippen LogP contribution in [0.5, 0.6) is 0 Å². The Hall–Kier alpha value is -4.41. The predicted octanol–water partition coefficient (Wildman–Crippen LogP) is 2.90. The van der Waals surface area contributed by atoms with Gasteiger partial charge in [-0.15, -0.1) is 5.10 Å². The number of pyridine rings is 1. The van der Waals surface area contributed by atoms with Crippen LogP contribution in [0.25, 0.3) is 28.4 Å². The number of benzene rings is 1. The fourth-order valence-electron chi connectivity index (χ4n) is 3.56. The van der Waals surface area contributed by atoms with Crippen LogP contribution in [0.4, 0.5) is 14.7 Å². The Morgan fingerprint density at radius 3 is 2.55 bits per heavy atom. The number of nitrogens with two attached hydrogens (primary N) is 1. The summed E-state index contributed by atoms with van der Waals surface area (Å²) in [7, 11) is 1.61. The normalized spacial score (nSPS) is 11.4. The molecule has 1 aromatic carbocycles. The Labute approximate surface area is 185 Å². The summed E-state index contributed by atoms with van der Waals surface area (Å²) in [5.41, 5.74) is 7.38. The quantitative estimate of drug-likeness (QED) is 0.448. The third-order valence-electron chi connectivity index (χ3n) is 5.15. The largest absolute Gasteiger partial charge is 0.440 e. The second kappa shape index (κ2) is 7.62. The molecule has 0 radical (unpaired) electrons. The smallest absolute Gasteiger partial charge is 0.250 e. The van der Waals surface area contributed by atoms with Gasteiger partial charge in [-0.1, -0.05) is 6.07 Å². The highest BCUT2D eigenvalue weighted by Gasteiger charge is 2.23. The first-order valence-electron chi connectivity index (χ1n) is 9.89. The second-order valence-electron chi connectivity index (χ2n) is 7.48. The van der Waals surface area contributed by atoms with Crippen molar-refractivity contribution in [3.8, 4) is 22.7 Å². The van der Waals surface area contributed by atoms with Crippen LogP contribution in [0.3, 0.4) is 0 Å². The Morgan fingerprint density at radius 1 is 1.12 bits per heavy atom. The van der Waals surface area contributed by atoms with E-state index in [1.807, 2.05) is 0 Å². The number of aryl methyl sites for hydroxylation is 2. The molecule has 2 N–H and O–H groups in total. The summed E-state index contributed by atoms with van der Waals surface area (Å²) in [6, 6.07) is 6.64. The van der Waals surface area contributed by atoms with E-state index in [9.17, 15) is 13.6 Å². The van der Waals surface area contributed by atoms with Crippen molar-refractivity contribution >= 4 is 11.6 Å². The van der Waals surface area contributed by atoms with Crippen molar-refractivity contribution in [3.05, 3.63) is 81.9 Å². The highest BCUT2D eigenvalue weighted by Crippen LogP contribution is 2.34. The molecule has 33 heavy (non-hydrogen) atoms. The van der Waals surface area contributed by atoms with Gasteiger partial charge in [-0.05, 0) is 25.1 Å². The molecular weight excluding hydrogens is 432 g/mol. The maximum atomic E-state index is 14.2. The van der Waals surface area contributed by atoms with E-state index in [1.165, 1.54) is 39.5 Å². The summed E-state index contributed by atoms with van der Waals surface area (Å²) in [6.45, 7) is 1.74. The minimum absolute atomic E-state index is 0.0165. The van der Waals surface area contributed by atoms with E-state index < -0.39 is 11.6 Å². The van der Waals surface area contributed by atoms with E-state index in [0.717, 1.165) is 0 Å². The minimum atomic E-state index is -0.700. The van der Waals surface area contributed by atoms with Gasteiger partial charge in [-0.2, -0.15) is 4.52 Å². The topological polar surface area (TPSA) is 117 Å². The molecule has 0 spiro atoms. The van der Waals surface area contributed by atoms with Gasteiger partial charge in [-0.3, -0.25) is 4.79 Å². The SMILES string of the molecule is Cc1cnc(-c2nc(N)n3nc(Cc4c(F)cccc4F)nc3c2-c2ccc(=O)n(C)c2)o1. The first-order chi connectivity index (χ1) is 15.8. The van der Waals surface area contributed by atoms with Gasteiger partial charge in [0.15, 0.2) is 11.5 Å². The Bertz CT molecular complexity index is 1570. The lowest BCUT2D eigenvalue weighted by atomic mass is 10.1. The Morgan fingerprint density at radius 2 is 1.88 bits per heavy atom. The molecule has 4 aromatic heterocycles. The number of halogens is 2. The van der Waals surface area contributed by atoms with Crippen LogP contribution in [-0.4, -0.2) is 29.1 Å². The molecule has 0 amide bonds. The Kier molecular flexibility index (Phi) is 4.73. The zero-order chi connectivity index (χ0) is 23.3. The fourth-order valence-corrected chi connectivity index (χ4v) is 3.56. The zero-order valence-corrected chi connectivity index (χ0v) is 17.6. The van der Waals surface area contributed by atoms with Crippen LogP contribution in [0.15, 0.2) is 51.9 Å². The van der Waals surface area contributed by atoms with Gasteiger partial charge in [0, 0.05) is 36.9 Å². The summed E-state index contributed by atoms with van der Waals surface area (Å²) in [4.78, 5) is 25.1. The van der Waals surface area contributed by atoms with Crippen LogP contribution in [0, 0.1) is 18.6 Å². The molecule has 0 aliphatic carbocycles. The standard InChI is InChI=1S/C22H17F2N7O2/c1-11-9-26-21(33-11)19-18(12-6-7-17(32)30(2)10-12)20-27-16(29-31(20)22(25)28-19)8-13-14(23)4-3-5-15(13)24/h3-7,9-10H,8H2,1-2H3,(H2,25,28). The van der Waals surface area contributed by atoms with Gasteiger partial charge < -0.3 is 14.7 Å². The van der Waals surface area contributed by atoms with Gasteiger partial charge >= 0.3 is 0 Å². The number of nitrogens with zero attached hydrogens (tertiary/aromatic N) is 6. The van der Waals surface area contributed by atoms with Crippen molar-refractivity contribution in [1.29, 1.82) is 0 Å². The maximum absolute atomic E-state index is 14.2. The van der Waals surface area contributed by atoms with Crippen molar-refractivity contribution in [2.45, 2.75) is 13.3 Å². The first-order valence-corrected chi connectivity index (χ1v) is 9.89. The molecule has 0 unspecified atom stereocenters. The maximum Gasteiger partial charge on any atom is 0.250 e. The van der Waals surface area contributed by atoms with Crippen LogP contribution >= 0.6 is 0 Å². The number of anilines is 1. The van der Waals surface area contributed by atoms with Crippen molar-refractivity contribution in [2.75, 3.05) is 5.73 Å². The number of hydrogen-bond donors (Lipinski definition) is 1. The lowest BCUT2D eigenvalue weighted by molar-refractivity contribution is 0.540. The monoisotopic (exact) mass is 449 g/mol. The summed E-state index contributed by atoms with van der Waals surface area (Å²) in [5, 5.41) is 4.32. The Balaban J connectivity index is 1.77. The van der Waals surface area contributed by atoms with Gasteiger partial charge in [0.2, 0.25) is 17.4 Å². The summed E-state index contributed by atoms with van der Waals surface area (Å²) >= 11 is 0. The number of oxazole rings is 1. The molecule has 0 saturated carbocycles. The van der Waals surface area contributed by atoms with Crippen molar-refractivity contribution < 1.29 is 13.2 Å². The molecule has 0 fully saturated rings. The van der Waals surface area contributed by atoms with Gasteiger partial charge in [0.1, 0.15) is 23.1 Å². The molecule has 5 rings (SSSR count). The van der Waals surface area contributed by atoms with Crippen molar-refractivity contribution in [3.63, 3.8) is 0 Å². The van der Waals surface area contributed by atoms with Gasteiger partial charge in [-0.25, -0.2) is 23.7 Å². The van der Waals surface area contributed by atoms with Crippen LogP contribution in [-0.2, 0) is 13.5 Å². The molecule has 0 aliphatic heterocycles. The average Bonchev–Trinajstić information content (AvgIpc) is 3.39. The van der Waals surface area contributed by atoms with Crippen LogP contribution < -0.4 is 11.3 Å². The predicted molar refractivity (Wildman–Crippen MR) is 115 cm³/mol. The van der Waals surface area contributed by atoms with E-state index in [4.69, 9.17) is 10.2 Å². The number of rotatable bonds is 4. The first kappa shape index (κ1) is 20.5. The summed E-state index contributed by atoms with van der Waals surface area (Å²) in [6.07, 6.45) is 2.96. The molecule has 4 heterocycles. The molecular formula is C22H17F2N7O2. The molecule has 9 nitrogen and oxygen atoms in total. The lowest BCUT2D eigenvalue weighted by Gasteiger charge is -2.10. The second-order valence-corrected chi connectivity index (χ2v) is 7.48. The number of nitrogen functional groups attached to an aromatic ring is 1. The molecule has 166 valence electrons. The van der Waals surface area contributed by atoms with E-state index in [-0.39, 0.29) is 40.9 Å². The summed E-state index contributed by atoms with van der Waals surface area (Å²) < 4.78 is 36.7. The third kappa shape index (κ3) is 3.53. The number of fused-ring (bicyclic) bond motifs is 1. The minimum Gasteiger partial charge on any atom is -0.440 e. The highest BCUT2D eigenvalue weighted by atomic mass is 19.1. The van der Waals surface area contributed by atoms with E-state index in [1.54, 1.807) is 26.2 Å². The van der Waals surface area contributed by atoms with Crippen LogP contribution in [0.2, 0.25) is 0 Å². The molecule has 0 bridgehead atoms. The molecule has 0 saturated heterocycles. The van der Waals surface area contributed by atoms with Crippen molar-refractivity contribution in [1.82, 2.24) is 29.1 Å². The number of aromatic nitrogens is 6. The number of hydrogen-bond acceptors (Lipinski definition) is 7. The van der Waals surface area contributed by atoms with E-state index >= 15 is 0 Å². The van der Waals surface area contributed by atoms with Gasteiger partial charge in [0.05, 0.1) is 11.8 Å². The zero-order valence-electron chi connectivity index (χ0n) is 17.6. The molecule has 11 heteroatoms. The van der Waals surface area contributed by atoms with Crippen LogP contribution in [0.1, 0.15) is 17.1 Å². The van der Waals surface area contributed by atoms with E-state index in [2.05, 4.69) is 20.1 Å². The fraction of sp³-hybridized carbons (Fsp3) is 0.136. The van der Waals surface area contributed by atoms with Crippen molar-refractivity contribution in [2.24, 2.45) is 7.05 Å². The molecule has 0 aliphatic rings. The average molecular weight is 449 g/mol. The van der Waals surface area contributed by atoms with E-state index in [0.29, 0.717) is 22.6 Å². The third-order valence-corrected chi connectivity index (χ3v) is 5.15. The molecule has 0 atom stereocenters.